The number of hydrogen-bond donors (Lipinski definition) is 2. The van der Waals surface area contributed by atoms with Crippen molar-refractivity contribution < 1.29 is 23.5 Å². The molecule has 0 unspecified atom stereocenters. The fourth-order valence-electron chi connectivity index (χ4n) is 5.37. The summed E-state index contributed by atoms with van der Waals surface area (Å²) >= 11 is 6.28. The van der Waals surface area contributed by atoms with E-state index in [1.54, 1.807) is 13.2 Å². The van der Waals surface area contributed by atoms with Crippen LogP contribution in [0.3, 0.4) is 0 Å². The predicted molar refractivity (Wildman–Crippen MR) is 140 cm³/mol. The molecule has 5 rings (SSSR count). The molecular formula is C29H27ClFN3O4. The average molecular weight is 536 g/mol. The predicted octanol–water partition coefficient (Wildman–Crippen LogP) is 5.27. The standard InChI is InChI=1S/C29H27ClFN3O4/c1-38-27-4-2-3-23-19(27)12-24(34-23)26(36)10-16(9-15-5-6-15)29(37)33-17(14-32)11-20-25(35)13-18-22(31)8-7-21(30)28(18)20/h2-4,7-8,12,15-17,20,34H,5-6,9-11,13H2,1H3,(H,33,37)/t16-,17+,20+/m1/s1. The summed E-state index contributed by atoms with van der Waals surface area (Å²) < 4.78 is 19.6. The van der Waals surface area contributed by atoms with E-state index in [9.17, 15) is 24.0 Å². The number of hydrogen-bond acceptors (Lipinski definition) is 5. The third kappa shape index (κ3) is 5.16. The number of aromatic nitrogens is 1. The summed E-state index contributed by atoms with van der Waals surface area (Å²) in [6.07, 6.45) is 2.43. The number of methoxy groups -OCH3 is 1. The number of amides is 1. The third-order valence-electron chi connectivity index (χ3n) is 7.54. The number of H-pyrrole nitrogens is 1. The van der Waals surface area contributed by atoms with Crippen LogP contribution in [0.15, 0.2) is 36.4 Å². The summed E-state index contributed by atoms with van der Waals surface area (Å²) in [4.78, 5) is 42.3. The Balaban J connectivity index is 1.30. The largest absolute Gasteiger partial charge is 0.496 e. The van der Waals surface area contributed by atoms with Gasteiger partial charge in [-0.15, -0.1) is 0 Å². The van der Waals surface area contributed by atoms with E-state index >= 15 is 0 Å². The molecule has 3 aromatic rings. The van der Waals surface area contributed by atoms with Crippen molar-refractivity contribution in [2.75, 3.05) is 7.11 Å². The van der Waals surface area contributed by atoms with E-state index in [0.29, 0.717) is 29.3 Å². The highest BCUT2D eigenvalue weighted by molar-refractivity contribution is 6.32. The van der Waals surface area contributed by atoms with Crippen molar-refractivity contribution in [3.05, 3.63) is 64.1 Å². The van der Waals surface area contributed by atoms with Gasteiger partial charge >= 0.3 is 0 Å². The van der Waals surface area contributed by atoms with Gasteiger partial charge in [0.2, 0.25) is 5.91 Å². The molecule has 2 aromatic carbocycles. The van der Waals surface area contributed by atoms with E-state index in [0.717, 1.165) is 23.7 Å². The van der Waals surface area contributed by atoms with E-state index in [-0.39, 0.29) is 41.4 Å². The Labute approximate surface area is 224 Å². The molecule has 2 N–H and O–H groups in total. The number of fused-ring (bicyclic) bond motifs is 2. The molecule has 1 amide bonds. The Morgan fingerprint density at radius 2 is 2.05 bits per heavy atom. The van der Waals surface area contributed by atoms with Crippen LogP contribution in [0.5, 0.6) is 5.75 Å². The average Bonchev–Trinajstić information content (AvgIpc) is 3.51. The third-order valence-corrected chi connectivity index (χ3v) is 7.87. The zero-order valence-electron chi connectivity index (χ0n) is 20.9. The van der Waals surface area contributed by atoms with Gasteiger partial charge in [0.05, 0.1) is 18.9 Å². The fraction of sp³-hybridized carbons (Fsp3) is 0.379. The molecule has 2 aliphatic rings. The zero-order chi connectivity index (χ0) is 27.0. The van der Waals surface area contributed by atoms with Crippen LogP contribution in [0.2, 0.25) is 5.02 Å². The van der Waals surface area contributed by atoms with Gasteiger partial charge in [0.25, 0.3) is 0 Å². The van der Waals surface area contributed by atoms with Crippen LogP contribution >= 0.6 is 11.6 Å². The number of Topliss-reactive ketones (excluding diaryl/α,β-unsaturated/α-hetero) is 2. The number of halogens is 2. The monoisotopic (exact) mass is 535 g/mol. The number of nitriles is 1. The molecule has 196 valence electrons. The molecule has 1 fully saturated rings. The topological polar surface area (TPSA) is 112 Å². The molecule has 38 heavy (non-hydrogen) atoms. The van der Waals surface area contributed by atoms with Crippen molar-refractivity contribution in [1.29, 1.82) is 5.26 Å². The van der Waals surface area contributed by atoms with Crippen LogP contribution in [0.25, 0.3) is 10.9 Å². The summed E-state index contributed by atoms with van der Waals surface area (Å²) in [6, 6.07) is 10.9. The molecule has 1 saturated carbocycles. The molecule has 9 heteroatoms. The minimum absolute atomic E-state index is 0.0108. The first-order valence-corrected chi connectivity index (χ1v) is 13.0. The van der Waals surface area contributed by atoms with Crippen LogP contribution in [0, 0.1) is 29.0 Å². The number of rotatable bonds is 10. The molecule has 0 bridgehead atoms. The molecule has 2 aliphatic carbocycles. The first kappa shape index (κ1) is 25.9. The highest BCUT2D eigenvalue weighted by atomic mass is 35.5. The highest BCUT2D eigenvalue weighted by Gasteiger charge is 2.38. The smallest absolute Gasteiger partial charge is 0.224 e. The maximum atomic E-state index is 14.3. The summed E-state index contributed by atoms with van der Waals surface area (Å²) in [5, 5.41) is 13.6. The number of carbonyl (C=O) groups is 3. The Bertz CT molecular complexity index is 1470. The second kappa shape index (κ2) is 10.6. The Morgan fingerprint density at radius 1 is 1.26 bits per heavy atom. The maximum absolute atomic E-state index is 14.3. The first-order valence-electron chi connectivity index (χ1n) is 12.7. The van der Waals surface area contributed by atoms with Gasteiger partial charge in [-0.3, -0.25) is 14.4 Å². The van der Waals surface area contributed by atoms with Crippen molar-refractivity contribution in [3.8, 4) is 11.8 Å². The van der Waals surface area contributed by atoms with Crippen molar-refractivity contribution >= 4 is 40.0 Å². The van der Waals surface area contributed by atoms with Gasteiger partial charge in [-0.05, 0) is 54.7 Å². The molecule has 7 nitrogen and oxygen atoms in total. The number of ketones is 2. The van der Waals surface area contributed by atoms with Crippen LogP contribution in [-0.4, -0.2) is 35.6 Å². The van der Waals surface area contributed by atoms with E-state index < -0.39 is 29.6 Å². The van der Waals surface area contributed by atoms with Gasteiger partial charge < -0.3 is 15.0 Å². The second-order valence-corrected chi connectivity index (χ2v) is 10.6. The number of ether oxygens (including phenoxy) is 1. The molecule has 0 spiro atoms. The van der Waals surface area contributed by atoms with E-state index in [1.165, 1.54) is 12.1 Å². The van der Waals surface area contributed by atoms with Crippen molar-refractivity contribution in [2.24, 2.45) is 11.8 Å². The summed E-state index contributed by atoms with van der Waals surface area (Å²) in [5.74, 6) is -1.73. The Morgan fingerprint density at radius 3 is 2.76 bits per heavy atom. The number of nitrogens with zero attached hydrogens (tertiary/aromatic N) is 1. The SMILES string of the molecule is COc1cccc2[nH]c(C(=O)C[C@@H](CC3CC3)C(=O)N[C@H](C#N)C[C@H]3C(=O)Cc4c(F)ccc(Cl)c43)cc12. The molecule has 3 atom stereocenters. The van der Waals surface area contributed by atoms with E-state index in [2.05, 4.69) is 16.4 Å². The lowest BCUT2D eigenvalue weighted by Crippen LogP contribution is -2.40. The lowest BCUT2D eigenvalue weighted by atomic mass is 9.91. The van der Waals surface area contributed by atoms with E-state index in [1.807, 2.05) is 18.2 Å². The summed E-state index contributed by atoms with van der Waals surface area (Å²) in [6.45, 7) is 0. The van der Waals surface area contributed by atoms with E-state index in [4.69, 9.17) is 16.3 Å². The summed E-state index contributed by atoms with van der Waals surface area (Å²) in [7, 11) is 1.56. The molecule has 1 heterocycles. The van der Waals surface area contributed by atoms with Crippen LogP contribution < -0.4 is 10.1 Å². The normalized spacial score (nSPS) is 18.1. The molecular weight excluding hydrogens is 509 g/mol. The van der Waals surface area contributed by atoms with Gasteiger partial charge in [-0.2, -0.15) is 5.26 Å². The van der Waals surface area contributed by atoms with Crippen LogP contribution in [0.4, 0.5) is 4.39 Å². The highest BCUT2D eigenvalue weighted by Crippen LogP contribution is 2.40. The van der Waals surface area contributed by atoms with Gasteiger partial charge in [-0.1, -0.05) is 30.5 Å². The van der Waals surface area contributed by atoms with Gasteiger partial charge in [0, 0.05) is 46.2 Å². The van der Waals surface area contributed by atoms with Gasteiger partial charge in [0.15, 0.2) is 5.78 Å². The number of nitrogens with one attached hydrogen (secondary N) is 2. The van der Waals surface area contributed by atoms with Crippen LogP contribution in [-0.2, 0) is 16.0 Å². The van der Waals surface area contributed by atoms with Crippen LogP contribution in [0.1, 0.15) is 59.6 Å². The molecule has 1 aromatic heterocycles. The minimum Gasteiger partial charge on any atom is -0.496 e. The lowest BCUT2D eigenvalue weighted by molar-refractivity contribution is -0.126. The first-order chi connectivity index (χ1) is 18.3. The molecule has 0 aliphatic heterocycles. The molecule has 0 radical (unpaired) electrons. The van der Waals surface area contributed by atoms with Crippen molar-refractivity contribution in [1.82, 2.24) is 10.3 Å². The fourth-order valence-corrected chi connectivity index (χ4v) is 5.68. The number of benzene rings is 2. The van der Waals surface area contributed by atoms with Crippen molar-refractivity contribution in [3.63, 3.8) is 0 Å². The minimum atomic E-state index is -0.990. The lowest BCUT2D eigenvalue weighted by Gasteiger charge is -2.21. The maximum Gasteiger partial charge on any atom is 0.224 e. The van der Waals surface area contributed by atoms with Crippen molar-refractivity contribution in [2.45, 2.75) is 50.5 Å². The number of carbonyl (C=O) groups excluding carboxylic acids is 3. The molecule has 0 saturated heterocycles. The van der Waals surface area contributed by atoms with Gasteiger partial charge in [-0.25, -0.2) is 4.39 Å². The Hall–Kier alpha value is -3.70. The van der Waals surface area contributed by atoms with Gasteiger partial charge in [0.1, 0.15) is 23.4 Å². The summed E-state index contributed by atoms with van der Waals surface area (Å²) in [5.41, 5.74) is 1.80. The second-order valence-electron chi connectivity index (χ2n) is 10.2. The quantitative estimate of drug-likeness (QED) is 0.344. The Kier molecular flexibility index (Phi) is 7.22. The number of aromatic amines is 1. The zero-order valence-corrected chi connectivity index (χ0v) is 21.6.